The normalized spacial score (nSPS) is 15.4. The summed E-state index contributed by atoms with van der Waals surface area (Å²) in [6.07, 6.45) is 5.08. The SMILES string of the molecule is C[C@H](NCc1nc(N(C)C)no1)c1ccc2c(c1)CCCC2. The molecule has 1 aromatic carbocycles. The van der Waals surface area contributed by atoms with E-state index >= 15 is 0 Å². The molecule has 1 N–H and O–H groups in total. The lowest BCUT2D eigenvalue weighted by molar-refractivity contribution is 0.360. The minimum atomic E-state index is 0.266. The Morgan fingerprint density at radius 1 is 1.23 bits per heavy atom. The molecular formula is C17H24N4O. The zero-order chi connectivity index (χ0) is 15.5. The summed E-state index contributed by atoms with van der Waals surface area (Å²) < 4.78 is 5.24. The summed E-state index contributed by atoms with van der Waals surface area (Å²) in [7, 11) is 3.80. The van der Waals surface area contributed by atoms with Crippen molar-refractivity contribution >= 4 is 5.95 Å². The lowest BCUT2D eigenvalue weighted by atomic mass is 9.89. The third-order valence-corrected chi connectivity index (χ3v) is 4.29. The highest BCUT2D eigenvalue weighted by Gasteiger charge is 2.13. The van der Waals surface area contributed by atoms with Crippen molar-refractivity contribution in [2.75, 3.05) is 19.0 Å². The van der Waals surface area contributed by atoms with Gasteiger partial charge in [0.2, 0.25) is 5.89 Å². The predicted molar refractivity (Wildman–Crippen MR) is 87.0 cm³/mol. The number of fused-ring (bicyclic) bond motifs is 1. The Labute approximate surface area is 131 Å². The first-order valence-electron chi connectivity index (χ1n) is 7.98. The fourth-order valence-electron chi connectivity index (χ4n) is 2.88. The Balaban J connectivity index is 1.62. The minimum Gasteiger partial charge on any atom is -0.344 e. The summed E-state index contributed by atoms with van der Waals surface area (Å²) in [4.78, 5) is 6.16. The van der Waals surface area contributed by atoms with Crippen LogP contribution in [-0.4, -0.2) is 24.2 Å². The van der Waals surface area contributed by atoms with Crippen LogP contribution < -0.4 is 10.2 Å². The maximum absolute atomic E-state index is 5.24. The minimum absolute atomic E-state index is 0.266. The monoisotopic (exact) mass is 300 g/mol. The summed E-state index contributed by atoms with van der Waals surface area (Å²) in [5, 5.41) is 7.38. The van der Waals surface area contributed by atoms with E-state index in [9.17, 15) is 0 Å². The molecule has 0 amide bonds. The lowest BCUT2D eigenvalue weighted by Crippen LogP contribution is -2.19. The first kappa shape index (κ1) is 15.0. The molecule has 5 heteroatoms. The molecular weight excluding hydrogens is 276 g/mol. The van der Waals surface area contributed by atoms with E-state index in [1.54, 1.807) is 0 Å². The van der Waals surface area contributed by atoms with Crippen LogP contribution in [0.4, 0.5) is 5.95 Å². The molecule has 0 radical (unpaired) electrons. The number of rotatable bonds is 5. The molecule has 0 unspecified atom stereocenters. The van der Waals surface area contributed by atoms with Gasteiger partial charge >= 0.3 is 0 Å². The van der Waals surface area contributed by atoms with Gasteiger partial charge in [-0.05, 0) is 54.5 Å². The molecule has 1 heterocycles. The Bertz CT molecular complexity index is 635. The molecule has 1 aliphatic carbocycles. The van der Waals surface area contributed by atoms with Crippen LogP contribution in [0, 0.1) is 0 Å². The molecule has 22 heavy (non-hydrogen) atoms. The van der Waals surface area contributed by atoms with Crippen molar-refractivity contribution in [2.45, 2.75) is 45.2 Å². The number of nitrogens with zero attached hydrogens (tertiary/aromatic N) is 3. The van der Waals surface area contributed by atoms with E-state index in [-0.39, 0.29) is 6.04 Å². The van der Waals surface area contributed by atoms with Gasteiger partial charge in [-0.15, -0.1) is 0 Å². The number of hydrogen-bond donors (Lipinski definition) is 1. The second-order valence-corrected chi connectivity index (χ2v) is 6.22. The fourth-order valence-corrected chi connectivity index (χ4v) is 2.88. The number of nitrogens with one attached hydrogen (secondary N) is 1. The Hall–Kier alpha value is -1.88. The summed E-state index contributed by atoms with van der Waals surface area (Å²) >= 11 is 0. The Kier molecular flexibility index (Phi) is 4.43. The Morgan fingerprint density at radius 2 is 2.00 bits per heavy atom. The second kappa shape index (κ2) is 6.48. The third kappa shape index (κ3) is 3.30. The number of hydrogen-bond acceptors (Lipinski definition) is 5. The molecule has 0 saturated heterocycles. The molecule has 1 atom stereocenters. The zero-order valence-corrected chi connectivity index (χ0v) is 13.6. The summed E-state index contributed by atoms with van der Waals surface area (Å²) in [5.74, 6) is 1.23. The van der Waals surface area contributed by atoms with Crippen LogP contribution in [0.25, 0.3) is 0 Å². The van der Waals surface area contributed by atoms with E-state index in [2.05, 4.69) is 40.6 Å². The standard InChI is InChI=1S/C17H24N4O/c1-12(18-11-16-19-17(20-22-16)21(2)3)14-9-8-13-6-4-5-7-15(13)10-14/h8-10,12,18H,4-7,11H2,1-3H3/t12-/m0/s1. The summed E-state index contributed by atoms with van der Waals surface area (Å²) in [5.41, 5.74) is 4.37. The molecule has 118 valence electrons. The molecule has 0 spiro atoms. The van der Waals surface area contributed by atoms with Crippen molar-refractivity contribution in [3.05, 3.63) is 40.8 Å². The fraction of sp³-hybridized carbons (Fsp3) is 0.529. The third-order valence-electron chi connectivity index (χ3n) is 4.29. The molecule has 0 aliphatic heterocycles. The summed E-state index contributed by atoms with van der Waals surface area (Å²) in [6.45, 7) is 2.76. The van der Waals surface area contributed by atoms with Crippen molar-refractivity contribution in [1.82, 2.24) is 15.5 Å². The number of benzene rings is 1. The van der Waals surface area contributed by atoms with Crippen LogP contribution in [-0.2, 0) is 19.4 Å². The lowest BCUT2D eigenvalue weighted by Gasteiger charge is -2.19. The van der Waals surface area contributed by atoms with Gasteiger partial charge in [0.1, 0.15) is 0 Å². The molecule has 2 aromatic rings. The summed E-state index contributed by atoms with van der Waals surface area (Å²) in [6, 6.07) is 7.15. The van der Waals surface area contributed by atoms with E-state index in [4.69, 9.17) is 4.52 Å². The van der Waals surface area contributed by atoms with Gasteiger partial charge in [-0.25, -0.2) is 0 Å². The quantitative estimate of drug-likeness (QED) is 0.920. The highest BCUT2D eigenvalue weighted by atomic mass is 16.5. The number of aromatic nitrogens is 2. The van der Waals surface area contributed by atoms with E-state index in [1.165, 1.54) is 42.4 Å². The van der Waals surface area contributed by atoms with Gasteiger partial charge in [-0.1, -0.05) is 18.2 Å². The van der Waals surface area contributed by atoms with Crippen LogP contribution in [0.5, 0.6) is 0 Å². The van der Waals surface area contributed by atoms with E-state index < -0.39 is 0 Å². The van der Waals surface area contributed by atoms with Crippen molar-refractivity contribution in [1.29, 1.82) is 0 Å². The van der Waals surface area contributed by atoms with Gasteiger partial charge < -0.3 is 14.7 Å². The molecule has 1 aromatic heterocycles. The molecule has 5 nitrogen and oxygen atoms in total. The van der Waals surface area contributed by atoms with E-state index in [0.717, 1.165) is 0 Å². The van der Waals surface area contributed by atoms with Crippen molar-refractivity contribution < 1.29 is 4.52 Å². The zero-order valence-electron chi connectivity index (χ0n) is 13.6. The second-order valence-electron chi connectivity index (χ2n) is 6.22. The van der Waals surface area contributed by atoms with E-state index in [1.807, 2.05) is 19.0 Å². The van der Waals surface area contributed by atoms with Gasteiger partial charge in [-0.3, -0.25) is 0 Å². The van der Waals surface area contributed by atoms with Gasteiger partial charge in [0.15, 0.2) is 0 Å². The van der Waals surface area contributed by atoms with Gasteiger partial charge in [0.25, 0.3) is 5.95 Å². The highest BCUT2D eigenvalue weighted by Crippen LogP contribution is 2.24. The van der Waals surface area contributed by atoms with Gasteiger partial charge in [0, 0.05) is 20.1 Å². The topological polar surface area (TPSA) is 54.2 Å². The van der Waals surface area contributed by atoms with Crippen LogP contribution in [0.2, 0.25) is 0 Å². The van der Waals surface area contributed by atoms with Crippen LogP contribution in [0.1, 0.15) is 48.4 Å². The highest BCUT2D eigenvalue weighted by molar-refractivity contribution is 5.35. The average Bonchev–Trinajstić information content (AvgIpc) is 3.01. The molecule has 0 bridgehead atoms. The smallest absolute Gasteiger partial charge is 0.265 e. The average molecular weight is 300 g/mol. The van der Waals surface area contributed by atoms with Crippen molar-refractivity contribution in [2.24, 2.45) is 0 Å². The predicted octanol–water partition coefficient (Wildman–Crippen LogP) is 2.87. The van der Waals surface area contributed by atoms with Crippen molar-refractivity contribution in [3.63, 3.8) is 0 Å². The maximum Gasteiger partial charge on any atom is 0.265 e. The van der Waals surface area contributed by atoms with Crippen LogP contribution >= 0.6 is 0 Å². The first-order valence-corrected chi connectivity index (χ1v) is 7.98. The van der Waals surface area contributed by atoms with Crippen LogP contribution in [0.15, 0.2) is 22.7 Å². The molecule has 3 rings (SSSR count). The Morgan fingerprint density at radius 3 is 2.73 bits per heavy atom. The maximum atomic E-state index is 5.24. The molecule has 0 fully saturated rings. The number of anilines is 1. The number of aryl methyl sites for hydroxylation is 2. The van der Waals surface area contributed by atoms with Crippen molar-refractivity contribution in [3.8, 4) is 0 Å². The van der Waals surface area contributed by atoms with Gasteiger partial charge in [0.05, 0.1) is 6.54 Å². The molecule has 1 aliphatic rings. The van der Waals surface area contributed by atoms with Crippen LogP contribution in [0.3, 0.4) is 0 Å². The van der Waals surface area contributed by atoms with E-state index in [0.29, 0.717) is 18.4 Å². The molecule has 0 saturated carbocycles. The first-order chi connectivity index (χ1) is 10.6. The largest absolute Gasteiger partial charge is 0.344 e. The van der Waals surface area contributed by atoms with Gasteiger partial charge in [-0.2, -0.15) is 4.98 Å².